The summed E-state index contributed by atoms with van der Waals surface area (Å²) in [5, 5.41) is 7.20. The molecule has 2 rings (SSSR count). The van der Waals surface area contributed by atoms with E-state index in [4.69, 9.17) is 4.52 Å². The smallest absolute Gasteiger partial charge is 0.223 e. The van der Waals surface area contributed by atoms with Crippen molar-refractivity contribution in [2.75, 3.05) is 13.6 Å². The normalized spacial score (nSPS) is 14.9. The Morgan fingerprint density at radius 2 is 2.41 bits per heavy atom. The number of aryl methyl sites for hydroxylation is 1. The molecule has 1 aromatic rings. The first-order valence-electron chi connectivity index (χ1n) is 6.04. The molecule has 1 fully saturated rings. The van der Waals surface area contributed by atoms with Crippen LogP contribution in [0.1, 0.15) is 30.7 Å². The summed E-state index contributed by atoms with van der Waals surface area (Å²) < 4.78 is 4.97. The van der Waals surface area contributed by atoms with E-state index in [1.807, 2.05) is 13.0 Å². The van der Waals surface area contributed by atoms with E-state index in [9.17, 15) is 4.79 Å². The van der Waals surface area contributed by atoms with Crippen LogP contribution in [0.4, 0.5) is 0 Å². The van der Waals surface area contributed by atoms with Gasteiger partial charge in [0.25, 0.3) is 0 Å². The van der Waals surface area contributed by atoms with E-state index >= 15 is 0 Å². The monoisotopic (exact) mass is 237 g/mol. The molecule has 0 bridgehead atoms. The largest absolute Gasteiger partial charge is 0.361 e. The van der Waals surface area contributed by atoms with Gasteiger partial charge in [0.1, 0.15) is 11.5 Å². The van der Waals surface area contributed by atoms with Crippen molar-refractivity contribution >= 4 is 5.91 Å². The number of nitrogens with one attached hydrogen (secondary N) is 1. The van der Waals surface area contributed by atoms with Crippen molar-refractivity contribution in [3.05, 3.63) is 17.5 Å². The van der Waals surface area contributed by atoms with Gasteiger partial charge in [-0.1, -0.05) is 5.16 Å². The molecule has 1 aliphatic rings. The fraction of sp³-hybridized carbons (Fsp3) is 0.667. The summed E-state index contributed by atoms with van der Waals surface area (Å²) in [6.45, 7) is 3.13. The van der Waals surface area contributed by atoms with Crippen LogP contribution >= 0.6 is 0 Å². The third kappa shape index (κ3) is 3.85. The lowest BCUT2D eigenvalue weighted by molar-refractivity contribution is -0.130. The fourth-order valence-corrected chi connectivity index (χ4v) is 1.69. The van der Waals surface area contributed by atoms with E-state index < -0.39 is 0 Å². The predicted octanol–water partition coefficient (Wildman–Crippen LogP) is 1.08. The van der Waals surface area contributed by atoms with Crippen molar-refractivity contribution in [1.82, 2.24) is 15.4 Å². The Hall–Kier alpha value is -1.36. The van der Waals surface area contributed by atoms with Crippen LogP contribution in [0, 0.1) is 6.92 Å². The molecule has 94 valence electrons. The highest BCUT2D eigenvalue weighted by molar-refractivity contribution is 5.76. The molecule has 1 aromatic heterocycles. The molecule has 1 aliphatic carbocycles. The molecule has 0 radical (unpaired) electrons. The number of nitrogens with zero attached hydrogens (tertiary/aromatic N) is 2. The Kier molecular flexibility index (Phi) is 3.78. The van der Waals surface area contributed by atoms with Gasteiger partial charge in [-0.15, -0.1) is 0 Å². The Morgan fingerprint density at radius 3 is 3.00 bits per heavy atom. The number of carbonyl (C=O) groups excluding carboxylic acids is 1. The quantitative estimate of drug-likeness (QED) is 0.804. The van der Waals surface area contributed by atoms with Gasteiger partial charge in [0.05, 0.1) is 6.54 Å². The summed E-state index contributed by atoms with van der Waals surface area (Å²) >= 11 is 0. The van der Waals surface area contributed by atoms with Gasteiger partial charge in [0.2, 0.25) is 5.91 Å². The van der Waals surface area contributed by atoms with E-state index in [1.165, 1.54) is 12.8 Å². The number of hydrogen-bond acceptors (Lipinski definition) is 4. The third-order valence-corrected chi connectivity index (χ3v) is 2.85. The highest BCUT2D eigenvalue weighted by Crippen LogP contribution is 2.18. The van der Waals surface area contributed by atoms with Gasteiger partial charge < -0.3 is 14.7 Å². The highest BCUT2D eigenvalue weighted by atomic mass is 16.5. The summed E-state index contributed by atoms with van der Waals surface area (Å²) in [5.74, 6) is 0.912. The first-order chi connectivity index (χ1) is 8.15. The lowest BCUT2D eigenvalue weighted by atomic mass is 10.3. The highest BCUT2D eigenvalue weighted by Gasteiger charge is 2.20. The molecule has 0 atom stereocenters. The van der Waals surface area contributed by atoms with Gasteiger partial charge in [0.15, 0.2) is 0 Å². The first kappa shape index (κ1) is 12.1. The Morgan fingerprint density at radius 1 is 1.65 bits per heavy atom. The minimum atomic E-state index is 0.138. The van der Waals surface area contributed by atoms with Crippen LogP contribution in [0.2, 0.25) is 0 Å². The zero-order valence-corrected chi connectivity index (χ0v) is 10.4. The maximum Gasteiger partial charge on any atom is 0.223 e. The van der Waals surface area contributed by atoms with Gasteiger partial charge in [-0.3, -0.25) is 4.79 Å². The average Bonchev–Trinajstić information content (AvgIpc) is 3.02. The predicted molar refractivity (Wildman–Crippen MR) is 63.4 cm³/mol. The summed E-state index contributed by atoms with van der Waals surface area (Å²) in [6, 6.07) is 2.51. The Labute approximate surface area is 101 Å². The second kappa shape index (κ2) is 5.31. The van der Waals surface area contributed by atoms with Crippen molar-refractivity contribution < 1.29 is 9.32 Å². The molecule has 1 amide bonds. The molecule has 1 saturated carbocycles. The number of amides is 1. The number of aromatic nitrogens is 1. The zero-order chi connectivity index (χ0) is 12.3. The summed E-state index contributed by atoms with van der Waals surface area (Å²) in [7, 11) is 1.80. The number of rotatable bonds is 6. The van der Waals surface area contributed by atoms with Crippen LogP contribution in [0.5, 0.6) is 0 Å². The van der Waals surface area contributed by atoms with Crippen molar-refractivity contribution in [1.29, 1.82) is 0 Å². The molecular formula is C12H19N3O2. The molecule has 0 aliphatic heterocycles. The summed E-state index contributed by atoms with van der Waals surface area (Å²) in [5.41, 5.74) is 0.800. The van der Waals surface area contributed by atoms with E-state index in [0.29, 0.717) is 19.0 Å². The van der Waals surface area contributed by atoms with Crippen LogP contribution in [0.25, 0.3) is 0 Å². The molecule has 5 nitrogen and oxygen atoms in total. The molecule has 17 heavy (non-hydrogen) atoms. The van der Waals surface area contributed by atoms with Crippen LogP contribution in [-0.2, 0) is 11.3 Å². The zero-order valence-electron chi connectivity index (χ0n) is 10.4. The van der Waals surface area contributed by atoms with E-state index in [0.717, 1.165) is 18.0 Å². The third-order valence-electron chi connectivity index (χ3n) is 2.85. The molecule has 0 spiro atoms. The topological polar surface area (TPSA) is 58.4 Å². The fourth-order valence-electron chi connectivity index (χ4n) is 1.69. The summed E-state index contributed by atoms with van der Waals surface area (Å²) in [6.07, 6.45) is 3.05. The van der Waals surface area contributed by atoms with Gasteiger partial charge in [0, 0.05) is 32.1 Å². The molecule has 1 heterocycles. The van der Waals surface area contributed by atoms with Crippen LogP contribution in [0.3, 0.4) is 0 Å². The molecular weight excluding hydrogens is 218 g/mol. The molecule has 1 N–H and O–H groups in total. The van der Waals surface area contributed by atoms with Crippen LogP contribution in [0.15, 0.2) is 10.6 Å². The minimum Gasteiger partial charge on any atom is -0.361 e. The van der Waals surface area contributed by atoms with Crippen molar-refractivity contribution in [2.45, 2.75) is 38.8 Å². The molecule has 5 heteroatoms. The standard InChI is InChI=1S/C12H19N3O2/c1-9-7-11(14-17-9)8-15(2)12(16)5-6-13-10-3-4-10/h7,10,13H,3-6,8H2,1-2H3. The van der Waals surface area contributed by atoms with Gasteiger partial charge >= 0.3 is 0 Å². The summed E-state index contributed by atoms with van der Waals surface area (Å²) in [4.78, 5) is 13.5. The second-order valence-electron chi connectivity index (χ2n) is 4.66. The number of carbonyl (C=O) groups is 1. The van der Waals surface area contributed by atoms with Gasteiger partial charge in [-0.05, 0) is 19.8 Å². The van der Waals surface area contributed by atoms with Crippen molar-refractivity contribution in [2.24, 2.45) is 0 Å². The maximum atomic E-state index is 11.8. The van der Waals surface area contributed by atoms with E-state index in [2.05, 4.69) is 10.5 Å². The lowest BCUT2D eigenvalue weighted by Gasteiger charge is -2.15. The van der Waals surface area contributed by atoms with Gasteiger partial charge in [-0.2, -0.15) is 0 Å². The van der Waals surface area contributed by atoms with Crippen LogP contribution < -0.4 is 5.32 Å². The minimum absolute atomic E-state index is 0.138. The molecule has 0 aromatic carbocycles. The molecule has 0 unspecified atom stereocenters. The lowest BCUT2D eigenvalue weighted by Crippen LogP contribution is -2.30. The van der Waals surface area contributed by atoms with Gasteiger partial charge in [-0.25, -0.2) is 0 Å². The second-order valence-corrected chi connectivity index (χ2v) is 4.66. The maximum absolute atomic E-state index is 11.8. The Balaban J connectivity index is 1.70. The van der Waals surface area contributed by atoms with E-state index in [1.54, 1.807) is 11.9 Å². The van der Waals surface area contributed by atoms with E-state index in [-0.39, 0.29) is 5.91 Å². The van der Waals surface area contributed by atoms with Crippen molar-refractivity contribution in [3.8, 4) is 0 Å². The SMILES string of the molecule is Cc1cc(CN(C)C(=O)CCNC2CC2)no1. The number of hydrogen-bond donors (Lipinski definition) is 1. The molecule has 0 saturated heterocycles. The average molecular weight is 237 g/mol. The van der Waals surface area contributed by atoms with Crippen molar-refractivity contribution in [3.63, 3.8) is 0 Å². The first-order valence-corrected chi connectivity index (χ1v) is 6.04. The van der Waals surface area contributed by atoms with Crippen LogP contribution in [-0.4, -0.2) is 35.6 Å². The Bertz CT molecular complexity index is 385.